The number of nitrogens with one attached hydrogen (secondary N) is 1. The fraction of sp³-hybridized carbons (Fsp3) is 0.385. The maximum absolute atomic E-state index is 11.9. The number of benzene rings is 1. The first-order valence-corrected chi connectivity index (χ1v) is 6.60. The Hall–Kier alpha value is -2.15. The van der Waals surface area contributed by atoms with Gasteiger partial charge in [-0.25, -0.2) is 0 Å². The first-order chi connectivity index (χ1) is 9.81. The van der Waals surface area contributed by atoms with Gasteiger partial charge in [0, 0.05) is 50.6 Å². The summed E-state index contributed by atoms with van der Waals surface area (Å²) in [5, 5.41) is 13.6. The average Bonchev–Trinajstić information content (AvgIpc) is 2.40. The topological polar surface area (TPSA) is 92.6 Å². The van der Waals surface area contributed by atoms with E-state index < -0.39 is 4.92 Å². The van der Waals surface area contributed by atoms with E-state index in [1.165, 1.54) is 30.0 Å². The molecule has 8 heteroatoms. The lowest BCUT2D eigenvalue weighted by atomic mass is 10.2. The van der Waals surface area contributed by atoms with E-state index in [1.807, 2.05) is 0 Å². The highest BCUT2D eigenvalue weighted by Gasteiger charge is 2.14. The fourth-order valence-corrected chi connectivity index (χ4v) is 1.85. The predicted molar refractivity (Wildman–Crippen MR) is 77.9 cm³/mol. The first-order valence-electron chi connectivity index (χ1n) is 6.22. The van der Waals surface area contributed by atoms with Gasteiger partial charge in [-0.3, -0.25) is 19.7 Å². The zero-order chi connectivity index (χ0) is 16.0. The molecule has 0 unspecified atom stereocenters. The molecule has 0 radical (unpaired) electrons. The molecule has 0 spiro atoms. The molecule has 1 rings (SSSR count). The molecule has 0 bridgehead atoms. The van der Waals surface area contributed by atoms with Crippen LogP contribution in [0.5, 0.6) is 0 Å². The number of amides is 2. The highest BCUT2D eigenvalue weighted by Crippen LogP contribution is 2.23. The summed E-state index contributed by atoms with van der Waals surface area (Å²) in [6, 6.07) is 4.09. The Morgan fingerprint density at radius 1 is 1.43 bits per heavy atom. The van der Waals surface area contributed by atoms with Crippen molar-refractivity contribution in [2.24, 2.45) is 0 Å². The van der Waals surface area contributed by atoms with Gasteiger partial charge in [0.25, 0.3) is 5.69 Å². The van der Waals surface area contributed by atoms with E-state index in [0.717, 1.165) is 0 Å². The third-order valence-electron chi connectivity index (χ3n) is 2.79. The SMILES string of the molecule is CC(=O)NCCC(=O)N(C)Cc1cc([N+](=O)[O-])ccc1Cl. The van der Waals surface area contributed by atoms with Crippen LogP contribution >= 0.6 is 11.6 Å². The predicted octanol–water partition coefficient (Wildman–Crippen LogP) is 1.73. The zero-order valence-corrected chi connectivity index (χ0v) is 12.5. The van der Waals surface area contributed by atoms with Gasteiger partial charge in [-0.2, -0.15) is 0 Å². The minimum atomic E-state index is -0.515. The zero-order valence-electron chi connectivity index (χ0n) is 11.8. The summed E-state index contributed by atoms with van der Waals surface area (Å²) in [4.78, 5) is 34.2. The second-order valence-electron chi connectivity index (χ2n) is 4.52. The van der Waals surface area contributed by atoms with Crippen molar-refractivity contribution in [1.29, 1.82) is 0 Å². The van der Waals surface area contributed by atoms with E-state index in [-0.39, 0.29) is 37.0 Å². The van der Waals surface area contributed by atoms with E-state index in [0.29, 0.717) is 10.6 Å². The smallest absolute Gasteiger partial charge is 0.269 e. The van der Waals surface area contributed by atoms with Crippen LogP contribution in [0.4, 0.5) is 5.69 Å². The van der Waals surface area contributed by atoms with Crippen molar-refractivity contribution in [1.82, 2.24) is 10.2 Å². The van der Waals surface area contributed by atoms with Crippen molar-refractivity contribution >= 4 is 29.1 Å². The maximum Gasteiger partial charge on any atom is 0.269 e. The van der Waals surface area contributed by atoms with Gasteiger partial charge in [-0.05, 0) is 11.6 Å². The molecule has 0 atom stereocenters. The molecule has 0 aromatic heterocycles. The lowest BCUT2D eigenvalue weighted by Gasteiger charge is -2.18. The Balaban J connectivity index is 2.67. The Morgan fingerprint density at radius 3 is 2.67 bits per heavy atom. The minimum absolute atomic E-state index is 0.0755. The van der Waals surface area contributed by atoms with Crippen molar-refractivity contribution in [2.75, 3.05) is 13.6 Å². The molecule has 0 aliphatic heterocycles. The van der Waals surface area contributed by atoms with E-state index in [4.69, 9.17) is 11.6 Å². The minimum Gasteiger partial charge on any atom is -0.356 e. The molecule has 1 N–H and O–H groups in total. The van der Waals surface area contributed by atoms with Gasteiger partial charge < -0.3 is 10.2 Å². The number of carbonyl (C=O) groups excluding carboxylic acids is 2. The summed E-state index contributed by atoms with van der Waals surface area (Å²) in [5.74, 6) is -0.390. The van der Waals surface area contributed by atoms with Gasteiger partial charge in [-0.1, -0.05) is 11.6 Å². The molecule has 0 fully saturated rings. The molecule has 21 heavy (non-hydrogen) atoms. The number of non-ortho nitro benzene ring substituents is 1. The number of nitrogens with zero attached hydrogens (tertiary/aromatic N) is 2. The number of nitro groups is 1. The van der Waals surface area contributed by atoms with Gasteiger partial charge in [0.1, 0.15) is 0 Å². The summed E-state index contributed by atoms with van der Waals surface area (Å²) in [5.41, 5.74) is 0.426. The largest absolute Gasteiger partial charge is 0.356 e. The molecule has 0 saturated carbocycles. The fourth-order valence-electron chi connectivity index (χ4n) is 1.68. The molecular weight excluding hydrogens is 298 g/mol. The van der Waals surface area contributed by atoms with Crippen LogP contribution in [0.15, 0.2) is 18.2 Å². The second-order valence-corrected chi connectivity index (χ2v) is 4.92. The van der Waals surface area contributed by atoms with Crippen LogP contribution in [0, 0.1) is 10.1 Å². The quantitative estimate of drug-likeness (QED) is 0.639. The van der Waals surface area contributed by atoms with Crippen molar-refractivity contribution in [2.45, 2.75) is 19.9 Å². The number of hydrogen-bond donors (Lipinski definition) is 1. The van der Waals surface area contributed by atoms with Crippen molar-refractivity contribution in [3.63, 3.8) is 0 Å². The second kappa shape index (κ2) is 7.58. The standard InChI is InChI=1S/C13H16ClN3O4/c1-9(18)15-6-5-13(19)16(2)8-10-7-11(17(20)21)3-4-12(10)14/h3-4,7H,5-6,8H2,1-2H3,(H,15,18). The van der Waals surface area contributed by atoms with E-state index >= 15 is 0 Å². The summed E-state index contributed by atoms with van der Waals surface area (Å²) in [6.45, 7) is 1.79. The summed E-state index contributed by atoms with van der Waals surface area (Å²) < 4.78 is 0. The number of hydrogen-bond acceptors (Lipinski definition) is 4. The van der Waals surface area contributed by atoms with Gasteiger partial charge in [0.05, 0.1) is 4.92 Å². The highest BCUT2D eigenvalue weighted by molar-refractivity contribution is 6.31. The summed E-state index contributed by atoms with van der Waals surface area (Å²) >= 11 is 5.98. The monoisotopic (exact) mass is 313 g/mol. The van der Waals surface area contributed by atoms with Crippen LogP contribution in [0.2, 0.25) is 5.02 Å². The maximum atomic E-state index is 11.9. The van der Waals surface area contributed by atoms with Crippen LogP contribution < -0.4 is 5.32 Å². The van der Waals surface area contributed by atoms with Crippen LogP contribution in [0.25, 0.3) is 0 Å². The molecular formula is C13H16ClN3O4. The molecule has 1 aromatic rings. The third-order valence-corrected chi connectivity index (χ3v) is 3.15. The Labute approximate surface area is 127 Å². The summed E-state index contributed by atoms with van der Waals surface area (Å²) in [6.07, 6.45) is 0.155. The Morgan fingerprint density at radius 2 is 2.10 bits per heavy atom. The summed E-state index contributed by atoms with van der Waals surface area (Å²) in [7, 11) is 1.57. The van der Waals surface area contributed by atoms with Crippen LogP contribution in [-0.2, 0) is 16.1 Å². The van der Waals surface area contributed by atoms with Crippen molar-refractivity contribution in [3.05, 3.63) is 38.9 Å². The number of halogens is 1. The van der Waals surface area contributed by atoms with E-state index in [2.05, 4.69) is 5.32 Å². The van der Waals surface area contributed by atoms with E-state index in [9.17, 15) is 19.7 Å². The molecule has 2 amide bonds. The lowest BCUT2D eigenvalue weighted by Crippen LogP contribution is -2.31. The Bertz CT molecular complexity index is 562. The lowest BCUT2D eigenvalue weighted by molar-refractivity contribution is -0.384. The van der Waals surface area contributed by atoms with E-state index in [1.54, 1.807) is 7.05 Å². The Kier molecular flexibility index (Phi) is 6.10. The van der Waals surface area contributed by atoms with Crippen LogP contribution in [0.1, 0.15) is 18.9 Å². The number of nitro benzene ring substituents is 1. The van der Waals surface area contributed by atoms with Gasteiger partial charge in [0.2, 0.25) is 11.8 Å². The molecule has 0 saturated heterocycles. The third kappa shape index (κ3) is 5.39. The first kappa shape index (κ1) is 16.9. The molecule has 1 aromatic carbocycles. The molecule has 0 aliphatic carbocycles. The molecule has 0 aliphatic rings. The number of carbonyl (C=O) groups is 2. The average molecular weight is 314 g/mol. The van der Waals surface area contributed by atoms with Gasteiger partial charge in [-0.15, -0.1) is 0 Å². The van der Waals surface area contributed by atoms with Gasteiger partial charge in [0.15, 0.2) is 0 Å². The van der Waals surface area contributed by atoms with Crippen molar-refractivity contribution < 1.29 is 14.5 Å². The molecule has 7 nitrogen and oxygen atoms in total. The van der Waals surface area contributed by atoms with Crippen molar-refractivity contribution in [3.8, 4) is 0 Å². The highest BCUT2D eigenvalue weighted by atomic mass is 35.5. The van der Waals surface area contributed by atoms with Gasteiger partial charge >= 0.3 is 0 Å². The van der Waals surface area contributed by atoms with Crippen LogP contribution in [0.3, 0.4) is 0 Å². The normalized spacial score (nSPS) is 10.0. The molecule has 0 heterocycles. The number of rotatable bonds is 6. The van der Waals surface area contributed by atoms with Crippen LogP contribution in [-0.4, -0.2) is 35.2 Å². The molecule has 114 valence electrons.